The van der Waals surface area contributed by atoms with E-state index in [1.807, 2.05) is 6.07 Å². The fourth-order valence-corrected chi connectivity index (χ4v) is 2.32. The highest BCUT2D eigenvalue weighted by molar-refractivity contribution is 5.39. The minimum Gasteiger partial charge on any atom is -0.493 e. The van der Waals surface area contributed by atoms with Crippen molar-refractivity contribution in [1.29, 1.82) is 0 Å². The Hall–Kier alpha value is -1.06. The summed E-state index contributed by atoms with van der Waals surface area (Å²) in [5, 5.41) is 9.63. The van der Waals surface area contributed by atoms with Crippen molar-refractivity contribution in [3.63, 3.8) is 0 Å². The second-order valence-corrected chi connectivity index (χ2v) is 5.77. The zero-order valence-electron chi connectivity index (χ0n) is 11.3. The molecule has 1 aromatic rings. The highest BCUT2D eigenvalue weighted by atomic mass is 16.5. The molecule has 1 aromatic carbocycles. The van der Waals surface area contributed by atoms with E-state index >= 15 is 0 Å². The van der Waals surface area contributed by atoms with E-state index in [9.17, 15) is 5.11 Å². The fourth-order valence-electron chi connectivity index (χ4n) is 2.32. The number of aryl methyl sites for hydroxylation is 1. The van der Waals surface area contributed by atoms with E-state index in [2.05, 4.69) is 12.1 Å². The minimum absolute atomic E-state index is 0.145. The number of nitrogens with two attached hydrogens (primary N) is 1. The zero-order chi connectivity index (χ0) is 13.2. The summed E-state index contributed by atoms with van der Waals surface area (Å²) in [5.74, 6) is 0.857. The van der Waals surface area contributed by atoms with Crippen LogP contribution in [0.15, 0.2) is 18.2 Å². The van der Waals surface area contributed by atoms with Crippen molar-refractivity contribution >= 4 is 0 Å². The molecule has 2 rings (SSSR count). The standard InChI is InChI=1S/C15H23NO2/c1-15(2,17)8-9-18-12-7-6-11-4-3-5-14(16)13(11)10-12/h6-7,10,14,17H,3-5,8-9,16H2,1-2H3/t14-/m0/s1. The molecule has 0 spiro atoms. The lowest BCUT2D eigenvalue weighted by molar-refractivity contribution is 0.0553. The second kappa shape index (κ2) is 5.29. The number of benzene rings is 1. The molecule has 1 aliphatic carbocycles. The first-order chi connectivity index (χ1) is 8.46. The average Bonchev–Trinajstić information content (AvgIpc) is 2.28. The lowest BCUT2D eigenvalue weighted by Crippen LogP contribution is -2.22. The molecule has 0 aliphatic heterocycles. The van der Waals surface area contributed by atoms with Crippen molar-refractivity contribution in [2.24, 2.45) is 5.73 Å². The molecule has 3 nitrogen and oxygen atoms in total. The quantitative estimate of drug-likeness (QED) is 0.862. The Balaban J connectivity index is 2.00. The maximum absolute atomic E-state index is 9.63. The van der Waals surface area contributed by atoms with E-state index in [0.29, 0.717) is 13.0 Å². The molecule has 3 heteroatoms. The van der Waals surface area contributed by atoms with Crippen molar-refractivity contribution in [2.75, 3.05) is 6.61 Å². The van der Waals surface area contributed by atoms with E-state index in [-0.39, 0.29) is 6.04 Å². The number of rotatable bonds is 4. The van der Waals surface area contributed by atoms with Gasteiger partial charge in [0.05, 0.1) is 12.2 Å². The third kappa shape index (κ3) is 3.47. The van der Waals surface area contributed by atoms with Gasteiger partial charge in [0.25, 0.3) is 0 Å². The summed E-state index contributed by atoms with van der Waals surface area (Å²) < 4.78 is 5.68. The largest absolute Gasteiger partial charge is 0.493 e. The molecule has 0 fully saturated rings. The van der Waals surface area contributed by atoms with Crippen LogP contribution in [0.4, 0.5) is 0 Å². The lowest BCUT2D eigenvalue weighted by atomic mass is 9.88. The number of fused-ring (bicyclic) bond motifs is 1. The van der Waals surface area contributed by atoms with E-state index in [4.69, 9.17) is 10.5 Å². The first kappa shape index (κ1) is 13.4. The zero-order valence-corrected chi connectivity index (χ0v) is 11.3. The third-order valence-corrected chi connectivity index (χ3v) is 3.46. The molecule has 0 amide bonds. The van der Waals surface area contributed by atoms with Gasteiger partial charge < -0.3 is 15.6 Å². The van der Waals surface area contributed by atoms with Gasteiger partial charge in [-0.2, -0.15) is 0 Å². The summed E-state index contributed by atoms with van der Waals surface area (Å²) >= 11 is 0. The summed E-state index contributed by atoms with van der Waals surface area (Å²) in [6.45, 7) is 4.11. The first-order valence-corrected chi connectivity index (χ1v) is 6.69. The highest BCUT2D eigenvalue weighted by Crippen LogP contribution is 2.30. The van der Waals surface area contributed by atoms with Gasteiger partial charge in [0, 0.05) is 12.5 Å². The Morgan fingerprint density at radius 3 is 2.94 bits per heavy atom. The van der Waals surface area contributed by atoms with Crippen LogP contribution in [0.3, 0.4) is 0 Å². The molecule has 1 aliphatic rings. The highest BCUT2D eigenvalue weighted by Gasteiger charge is 2.17. The molecular weight excluding hydrogens is 226 g/mol. The van der Waals surface area contributed by atoms with E-state index in [1.54, 1.807) is 13.8 Å². The predicted molar refractivity (Wildman–Crippen MR) is 72.7 cm³/mol. The number of hydrogen-bond acceptors (Lipinski definition) is 3. The minimum atomic E-state index is -0.676. The Kier molecular flexibility index (Phi) is 3.93. The summed E-state index contributed by atoms with van der Waals surface area (Å²) in [6, 6.07) is 6.32. The van der Waals surface area contributed by atoms with Crippen LogP contribution < -0.4 is 10.5 Å². The van der Waals surface area contributed by atoms with Crippen LogP contribution in [0.1, 0.15) is 50.3 Å². The van der Waals surface area contributed by atoms with Crippen molar-refractivity contribution in [3.05, 3.63) is 29.3 Å². The van der Waals surface area contributed by atoms with Crippen LogP contribution in [0.25, 0.3) is 0 Å². The predicted octanol–water partition coefficient (Wildman–Crippen LogP) is 2.56. The third-order valence-electron chi connectivity index (χ3n) is 3.46. The molecule has 100 valence electrons. The van der Waals surface area contributed by atoms with Gasteiger partial charge in [-0.3, -0.25) is 0 Å². The number of hydrogen-bond donors (Lipinski definition) is 2. The Bertz CT molecular complexity index is 409. The summed E-state index contributed by atoms with van der Waals surface area (Å²) in [5.41, 5.74) is 8.02. The maximum atomic E-state index is 9.63. The van der Waals surface area contributed by atoms with Crippen LogP contribution in [-0.4, -0.2) is 17.3 Å². The van der Waals surface area contributed by atoms with E-state index in [0.717, 1.165) is 18.6 Å². The van der Waals surface area contributed by atoms with Gasteiger partial charge in [0.15, 0.2) is 0 Å². The van der Waals surface area contributed by atoms with Gasteiger partial charge in [0.1, 0.15) is 5.75 Å². The van der Waals surface area contributed by atoms with Crippen LogP contribution in [0, 0.1) is 0 Å². The molecule has 3 N–H and O–H groups in total. The molecule has 0 saturated carbocycles. The van der Waals surface area contributed by atoms with Crippen LogP contribution in [-0.2, 0) is 6.42 Å². The molecule has 18 heavy (non-hydrogen) atoms. The van der Waals surface area contributed by atoms with Crippen molar-refractivity contribution in [2.45, 2.75) is 51.2 Å². The molecule has 1 atom stereocenters. The second-order valence-electron chi connectivity index (χ2n) is 5.77. The van der Waals surface area contributed by atoms with Gasteiger partial charge in [-0.25, -0.2) is 0 Å². The van der Waals surface area contributed by atoms with Gasteiger partial charge >= 0.3 is 0 Å². The van der Waals surface area contributed by atoms with Crippen molar-refractivity contribution in [3.8, 4) is 5.75 Å². The normalized spacial score (nSPS) is 19.4. The molecule has 0 radical (unpaired) electrons. The Morgan fingerprint density at radius 2 is 2.22 bits per heavy atom. The fraction of sp³-hybridized carbons (Fsp3) is 0.600. The van der Waals surface area contributed by atoms with Gasteiger partial charge in [0.2, 0.25) is 0 Å². The maximum Gasteiger partial charge on any atom is 0.119 e. The van der Waals surface area contributed by atoms with Gasteiger partial charge in [-0.05, 0) is 56.4 Å². The Labute approximate surface area is 109 Å². The van der Waals surface area contributed by atoms with Crippen molar-refractivity contribution in [1.82, 2.24) is 0 Å². The SMILES string of the molecule is CC(C)(O)CCOc1ccc2c(c1)[C@@H](N)CCC2. The molecule has 0 aromatic heterocycles. The van der Waals surface area contributed by atoms with Crippen molar-refractivity contribution < 1.29 is 9.84 Å². The van der Waals surface area contributed by atoms with Crippen LogP contribution in [0.2, 0.25) is 0 Å². The lowest BCUT2D eigenvalue weighted by Gasteiger charge is -2.23. The smallest absolute Gasteiger partial charge is 0.119 e. The molecule has 0 heterocycles. The topological polar surface area (TPSA) is 55.5 Å². The summed E-state index contributed by atoms with van der Waals surface area (Å²) in [7, 11) is 0. The summed E-state index contributed by atoms with van der Waals surface area (Å²) in [4.78, 5) is 0. The number of ether oxygens (including phenoxy) is 1. The van der Waals surface area contributed by atoms with Gasteiger partial charge in [-0.1, -0.05) is 6.07 Å². The van der Waals surface area contributed by atoms with Crippen LogP contribution >= 0.6 is 0 Å². The summed E-state index contributed by atoms with van der Waals surface area (Å²) in [6.07, 6.45) is 3.97. The molecule has 0 bridgehead atoms. The first-order valence-electron chi connectivity index (χ1n) is 6.69. The number of aliphatic hydroxyl groups is 1. The Morgan fingerprint density at radius 1 is 1.44 bits per heavy atom. The van der Waals surface area contributed by atoms with Gasteiger partial charge in [-0.15, -0.1) is 0 Å². The van der Waals surface area contributed by atoms with Crippen LogP contribution in [0.5, 0.6) is 5.75 Å². The van der Waals surface area contributed by atoms with E-state index < -0.39 is 5.60 Å². The molecular formula is C15H23NO2. The van der Waals surface area contributed by atoms with E-state index in [1.165, 1.54) is 17.5 Å². The average molecular weight is 249 g/mol. The molecule has 0 unspecified atom stereocenters. The molecule has 0 saturated heterocycles. The monoisotopic (exact) mass is 249 g/mol.